The quantitative estimate of drug-likeness (QED) is 0.329. The fraction of sp³-hybridized carbons (Fsp3) is 0.364. The normalized spacial score (nSPS) is 26.3. The number of quaternary nitrogens is 1. The first-order valence-electron chi connectivity index (χ1n) is 9.19. The second-order valence-corrected chi connectivity index (χ2v) is 7.53. The molecule has 2 aromatic carbocycles. The predicted molar refractivity (Wildman–Crippen MR) is 111 cm³/mol. The molecule has 4 heteroatoms. The molecular formula is C22H24N2OS. The third-order valence-electron chi connectivity index (χ3n) is 6.07. The van der Waals surface area contributed by atoms with Crippen LogP contribution in [0.2, 0.25) is 0 Å². The van der Waals surface area contributed by atoms with Crippen LogP contribution >= 0.6 is 12.2 Å². The van der Waals surface area contributed by atoms with Gasteiger partial charge in [0.2, 0.25) is 0 Å². The molecule has 1 unspecified atom stereocenters. The Bertz CT molecular complexity index is 787. The maximum Gasteiger partial charge on any atom is 0.193 e. The molecule has 3 saturated heterocycles. The molecule has 3 aliphatic heterocycles. The first-order chi connectivity index (χ1) is 12.6. The molecule has 0 radical (unpaired) electrons. The van der Waals surface area contributed by atoms with E-state index in [0.29, 0.717) is 6.04 Å². The number of benzene rings is 2. The zero-order valence-corrected chi connectivity index (χ0v) is 15.9. The Balaban J connectivity index is 0.000000613. The topological polar surface area (TPSA) is 39.4 Å². The maximum atomic E-state index is 12.6. The zero-order chi connectivity index (χ0) is 18.6. The number of hydrogen-bond donors (Lipinski definition) is 0. The summed E-state index contributed by atoms with van der Waals surface area (Å²) in [6.45, 7) is 4.92. The van der Waals surface area contributed by atoms with Gasteiger partial charge in [-0.15, -0.1) is 0 Å². The van der Waals surface area contributed by atoms with Crippen LogP contribution in [-0.4, -0.2) is 30.1 Å². The minimum atomic E-state index is 0.113. The van der Waals surface area contributed by atoms with Crippen molar-refractivity contribution in [2.24, 2.45) is 5.92 Å². The second-order valence-electron chi connectivity index (χ2n) is 7.34. The van der Waals surface area contributed by atoms with Gasteiger partial charge in [-0.25, -0.2) is 0 Å². The molecule has 2 bridgehead atoms. The van der Waals surface area contributed by atoms with E-state index in [1.165, 1.54) is 43.2 Å². The van der Waals surface area contributed by atoms with E-state index >= 15 is 0 Å². The molecule has 1 atom stereocenters. The number of rotatable bonds is 3. The van der Waals surface area contributed by atoms with Crippen LogP contribution in [0, 0.1) is 5.92 Å². The predicted octanol–water partition coefficient (Wildman–Crippen LogP) is 5.09. The Labute approximate surface area is 160 Å². The number of hydrogen-bond acceptors (Lipinski definition) is 2. The summed E-state index contributed by atoms with van der Waals surface area (Å²) >= 11 is 3.70. The van der Waals surface area contributed by atoms with Crippen molar-refractivity contribution in [2.75, 3.05) is 13.1 Å². The van der Waals surface area contributed by atoms with Gasteiger partial charge in [0.1, 0.15) is 5.69 Å². The fourth-order valence-corrected chi connectivity index (χ4v) is 4.62. The highest BCUT2D eigenvalue weighted by Gasteiger charge is 2.46. The first kappa shape index (κ1) is 18.7. The van der Waals surface area contributed by atoms with E-state index < -0.39 is 0 Å². The van der Waals surface area contributed by atoms with Gasteiger partial charge in [-0.05, 0) is 37.1 Å². The van der Waals surface area contributed by atoms with Crippen molar-refractivity contribution in [1.82, 2.24) is 4.48 Å². The highest BCUT2D eigenvalue weighted by atomic mass is 32.1. The molecule has 0 N–H and O–H groups in total. The van der Waals surface area contributed by atoms with Crippen molar-refractivity contribution >= 4 is 28.8 Å². The lowest BCUT2D eigenvalue weighted by Crippen LogP contribution is -2.64. The van der Waals surface area contributed by atoms with E-state index in [1.54, 1.807) is 0 Å². The van der Waals surface area contributed by atoms with E-state index in [0.717, 1.165) is 21.5 Å². The molecule has 134 valence electrons. The molecule has 26 heavy (non-hydrogen) atoms. The number of carbonyl (C=O) groups excluding carboxylic acids is 1. The van der Waals surface area contributed by atoms with Gasteiger partial charge in [-0.1, -0.05) is 42.5 Å². The van der Waals surface area contributed by atoms with E-state index in [1.807, 2.05) is 42.5 Å². The lowest BCUT2D eigenvalue weighted by atomic mass is 9.80. The van der Waals surface area contributed by atoms with Gasteiger partial charge < -0.3 is 5.41 Å². The number of nitrogens with zero attached hydrogens (tertiary/aromatic N) is 2. The minimum absolute atomic E-state index is 0.113. The molecule has 0 aliphatic carbocycles. The Kier molecular flexibility index (Phi) is 5.77. The van der Waals surface area contributed by atoms with Gasteiger partial charge in [0.25, 0.3) is 0 Å². The second kappa shape index (κ2) is 8.05. The van der Waals surface area contributed by atoms with Crippen LogP contribution in [0.15, 0.2) is 54.6 Å². The molecule has 3 aliphatic rings. The van der Waals surface area contributed by atoms with Crippen LogP contribution in [0.5, 0.6) is 0 Å². The van der Waals surface area contributed by atoms with Crippen molar-refractivity contribution in [1.29, 1.82) is 0 Å². The average Bonchev–Trinajstić information content (AvgIpc) is 2.70. The number of fused-ring (bicyclic) bond motifs is 3. The third kappa shape index (κ3) is 3.54. The molecule has 0 saturated carbocycles. The molecule has 3 heterocycles. The van der Waals surface area contributed by atoms with Crippen molar-refractivity contribution < 1.29 is 4.79 Å². The maximum absolute atomic E-state index is 12.6. The molecule has 3 nitrogen and oxygen atoms in total. The van der Waals surface area contributed by atoms with E-state index in [9.17, 15) is 4.79 Å². The SMILES string of the molecule is CC1CC2CC[N+]1(c1ccc(C(=O)c3ccccc3)cc1)CC2.[N-]=C=S. The van der Waals surface area contributed by atoms with Crippen molar-refractivity contribution in [3.63, 3.8) is 0 Å². The number of piperidine rings is 3. The minimum Gasteiger partial charge on any atom is -0.753 e. The van der Waals surface area contributed by atoms with Gasteiger partial charge in [-0.3, -0.25) is 9.28 Å². The highest BCUT2D eigenvalue weighted by molar-refractivity contribution is 7.78. The first-order valence-corrected chi connectivity index (χ1v) is 9.60. The fourth-order valence-electron chi connectivity index (χ4n) is 4.62. The van der Waals surface area contributed by atoms with Gasteiger partial charge in [-0.2, -0.15) is 5.16 Å². The summed E-state index contributed by atoms with van der Waals surface area (Å²) in [5.74, 6) is 1.06. The summed E-state index contributed by atoms with van der Waals surface area (Å²) in [5, 5.41) is 8.47. The number of ketones is 1. The van der Waals surface area contributed by atoms with Gasteiger partial charge in [0.15, 0.2) is 5.78 Å². The summed E-state index contributed by atoms with van der Waals surface area (Å²) in [5.41, 5.74) is 2.94. The Morgan fingerprint density at radius 2 is 1.58 bits per heavy atom. The zero-order valence-electron chi connectivity index (χ0n) is 15.1. The summed E-state index contributed by atoms with van der Waals surface area (Å²) in [6, 6.07) is 18.7. The summed E-state index contributed by atoms with van der Waals surface area (Å²) in [7, 11) is 0. The van der Waals surface area contributed by atoms with Crippen molar-refractivity contribution in [3.05, 3.63) is 71.1 Å². The Morgan fingerprint density at radius 3 is 2.12 bits per heavy atom. The van der Waals surface area contributed by atoms with E-state index in [-0.39, 0.29) is 5.78 Å². The molecule has 5 rings (SSSR count). The lowest BCUT2D eigenvalue weighted by Gasteiger charge is -2.53. The summed E-state index contributed by atoms with van der Waals surface area (Å²) in [4.78, 5) is 12.6. The van der Waals surface area contributed by atoms with E-state index in [4.69, 9.17) is 5.41 Å². The highest BCUT2D eigenvalue weighted by Crippen LogP contribution is 2.42. The number of isothiocyanates is 1. The van der Waals surface area contributed by atoms with Crippen LogP contribution in [0.1, 0.15) is 42.1 Å². The van der Waals surface area contributed by atoms with E-state index in [2.05, 4.69) is 31.3 Å². The third-order valence-corrected chi connectivity index (χ3v) is 6.07. The van der Waals surface area contributed by atoms with Crippen LogP contribution in [0.25, 0.3) is 5.41 Å². The summed E-state index contributed by atoms with van der Waals surface area (Å²) in [6.07, 6.45) is 4.06. The monoisotopic (exact) mass is 364 g/mol. The smallest absolute Gasteiger partial charge is 0.193 e. The van der Waals surface area contributed by atoms with Crippen LogP contribution in [0.3, 0.4) is 0 Å². The average molecular weight is 365 g/mol. The molecule has 2 aromatic rings. The Hall–Kier alpha value is -2.13. The number of carbonyl (C=O) groups is 1. The van der Waals surface area contributed by atoms with Crippen LogP contribution in [0.4, 0.5) is 5.69 Å². The van der Waals surface area contributed by atoms with Gasteiger partial charge >= 0.3 is 0 Å². The molecule has 0 spiro atoms. The number of thiocarbonyl (C=S) groups is 1. The lowest BCUT2D eigenvalue weighted by molar-refractivity contribution is 0.0639. The Morgan fingerprint density at radius 1 is 1.04 bits per heavy atom. The molecular weight excluding hydrogens is 340 g/mol. The van der Waals surface area contributed by atoms with Crippen molar-refractivity contribution in [3.8, 4) is 0 Å². The van der Waals surface area contributed by atoms with Crippen molar-refractivity contribution in [2.45, 2.75) is 32.2 Å². The molecule has 3 fully saturated rings. The summed E-state index contributed by atoms with van der Waals surface area (Å²) < 4.78 is 1.12. The van der Waals surface area contributed by atoms with Gasteiger partial charge in [0, 0.05) is 30.4 Å². The largest absolute Gasteiger partial charge is 0.753 e. The van der Waals surface area contributed by atoms with Crippen LogP contribution < -0.4 is 4.48 Å². The molecule has 0 aromatic heterocycles. The van der Waals surface area contributed by atoms with Gasteiger partial charge in [0.05, 0.1) is 19.1 Å². The van der Waals surface area contributed by atoms with Crippen LogP contribution in [-0.2, 0) is 0 Å². The standard InChI is InChI=1S/C21H24NO.CNS/c1-16-15-17-11-13-22(16,14-12-17)20-9-7-19(8-10-20)21(23)18-5-3-2-4-6-18;2-1-3/h2-10,16-17H,11-15H2,1H3;/q+1;-1. The molecule has 0 amide bonds.